The van der Waals surface area contributed by atoms with Crippen LogP contribution in [0.15, 0.2) is 24.3 Å². The molecule has 0 radical (unpaired) electrons. The van der Waals surface area contributed by atoms with Crippen molar-refractivity contribution in [2.24, 2.45) is 7.05 Å². The second kappa shape index (κ2) is 5.01. The third-order valence-electron chi connectivity index (χ3n) is 2.99. The summed E-state index contributed by atoms with van der Waals surface area (Å²) in [5, 5.41) is 1.22. The van der Waals surface area contributed by atoms with Crippen molar-refractivity contribution in [2.75, 3.05) is 13.6 Å². The molecule has 0 fully saturated rings. The lowest BCUT2D eigenvalue weighted by atomic mass is 10.2. The number of rotatable bonds is 2. The standard InChI is InChI=1S/C13H12ClF3N2O/c1-18(7-13(15,16)17)12(20)11-6-8-5-9(14)3-4-10(8)19(11)2/h3-6H,7H2,1-2H3. The predicted octanol–water partition coefficient (Wildman–Crippen LogP) is 3.47. The summed E-state index contributed by atoms with van der Waals surface area (Å²) in [6.45, 7) is -1.28. The zero-order valence-corrected chi connectivity index (χ0v) is 11.6. The average molecular weight is 305 g/mol. The van der Waals surface area contributed by atoms with E-state index >= 15 is 0 Å². The number of amides is 1. The first-order chi connectivity index (χ1) is 9.19. The minimum Gasteiger partial charge on any atom is -0.340 e. The lowest BCUT2D eigenvalue weighted by Crippen LogP contribution is -2.36. The highest BCUT2D eigenvalue weighted by Crippen LogP contribution is 2.24. The van der Waals surface area contributed by atoms with Crippen LogP contribution in [-0.2, 0) is 7.05 Å². The summed E-state index contributed by atoms with van der Waals surface area (Å²) in [6, 6.07) is 6.59. The zero-order chi connectivity index (χ0) is 15.1. The Hall–Kier alpha value is -1.69. The van der Waals surface area contributed by atoms with Crippen molar-refractivity contribution in [3.8, 4) is 0 Å². The summed E-state index contributed by atoms with van der Waals surface area (Å²) < 4.78 is 38.5. The van der Waals surface area contributed by atoms with E-state index in [4.69, 9.17) is 11.6 Å². The number of hydrogen-bond donors (Lipinski definition) is 0. The number of hydrogen-bond acceptors (Lipinski definition) is 1. The molecule has 0 spiro atoms. The van der Waals surface area contributed by atoms with Gasteiger partial charge in [-0.25, -0.2) is 0 Å². The van der Waals surface area contributed by atoms with Crippen molar-refractivity contribution in [3.63, 3.8) is 0 Å². The van der Waals surface area contributed by atoms with Gasteiger partial charge in [-0.05, 0) is 24.3 Å². The van der Waals surface area contributed by atoms with Gasteiger partial charge in [0, 0.05) is 30.0 Å². The molecule has 1 heterocycles. The van der Waals surface area contributed by atoms with Crippen LogP contribution in [0.2, 0.25) is 5.02 Å². The lowest BCUT2D eigenvalue weighted by Gasteiger charge is -2.19. The van der Waals surface area contributed by atoms with E-state index in [2.05, 4.69) is 0 Å². The summed E-state index contributed by atoms with van der Waals surface area (Å²) in [4.78, 5) is 12.7. The van der Waals surface area contributed by atoms with Gasteiger partial charge in [0.2, 0.25) is 0 Å². The van der Waals surface area contributed by atoms with E-state index in [1.54, 1.807) is 29.8 Å². The molecule has 0 unspecified atom stereocenters. The summed E-state index contributed by atoms with van der Waals surface area (Å²) in [5.74, 6) is -0.683. The van der Waals surface area contributed by atoms with E-state index in [0.29, 0.717) is 15.3 Å². The lowest BCUT2D eigenvalue weighted by molar-refractivity contribution is -0.138. The molecule has 3 nitrogen and oxygen atoms in total. The molecule has 108 valence electrons. The Kier molecular flexibility index (Phi) is 3.69. The predicted molar refractivity (Wildman–Crippen MR) is 70.9 cm³/mol. The van der Waals surface area contributed by atoms with Crippen LogP contribution in [-0.4, -0.2) is 35.1 Å². The number of alkyl halides is 3. The van der Waals surface area contributed by atoms with E-state index in [1.807, 2.05) is 0 Å². The van der Waals surface area contributed by atoms with Gasteiger partial charge >= 0.3 is 6.18 Å². The Balaban J connectivity index is 2.37. The van der Waals surface area contributed by atoms with E-state index in [-0.39, 0.29) is 5.69 Å². The molecular weight excluding hydrogens is 293 g/mol. The summed E-state index contributed by atoms with van der Waals surface area (Å²) in [7, 11) is 2.76. The van der Waals surface area contributed by atoms with E-state index in [9.17, 15) is 18.0 Å². The van der Waals surface area contributed by atoms with Crippen LogP contribution in [0.1, 0.15) is 10.5 Å². The third kappa shape index (κ3) is 2.90. The first-order valence-electron chi connectivity index (χ1n) is 5.76. The maximum atomic E-state index is 12.3. The van der Waals surface area contributed by atoms with Gasteiger partial charge in [-0.2, -0.15) is 13.2 Å². The van der Waals surface area contributed by atoms with Crippen LogP contribution in [0.5, 0.6) is 0 Å². The maximum absolute atomic E-state index is 12.3. The molecule has 0 atom stereocenters. The van der Waals surface area contributed by atoms with Crippen LogP contribution in [0, 0.1) is 0 Å². The molecule has 0 saturated carbocycles. The molecule has 1 aromatic carbocycles. The Morgan fingerprint density at radius 2 is 2.00 bits per heavy atom. The van der Waals surface area contributed by atoms with Crippen molar-refractivity contribution in [1.82, 2.24) is 9.47 Å². The van der Waals surface area contributed by atoms with Gasteiger partial charge in [0.1, 0.15) is 12.2 Å². The molecule has 2 aromatic rings. The van der Waals surface area contributed by atoms with Gasteiger partial charge in [0.15, 0.2) is 0 Å². The summed E-state index contributed by atoms with van der Waals surface area (Å²) in [5.41, 5.74) is 0.923. The third-order valence-corrected chi connectivity index (χ3v) is 3.22. The molecule has 0 bridgehead atoms. The Morgan fingerprint density at radius 1 is 1.35 bits per heavy atom. The quantitative estimate of drug-likeness (QED) is 0.834. The molecule has 7 heteroatoms. The highest BCUT2D eigenvalue weighted by molar-refractivity contribution is 6.31. The van der Waals surface area contributed by atoms with Crippen molar-refractivity contribution in [3.05, 3.63) is 35.0 Å². The zero-order valence-electron chi connectivity index (χ0n) is 10.8. The molecule has 1 aromatic heterocycles. The largest absolute Gasteiger partial charge is 0.406 e. The number of aromatic nitrogens is 1. The minimum atomic E-state index is -4.42. The monoisotopic (exact) mass is 304 g/mol. The highest BCUT2D eigenvalue weighted by Gasteiger charge is 2.32. The van der Waals surface area contributed by atoms with E-state index < -0.39 is 18.6 Å². The number of fused-ring (bicyclic) bond motifs is 1. The smallest absolute Gasteiger partial charge is 0.340 e. The maximum Gasteiger partial charge on any atom is 0.406 e. The van der Waals surface area contributed by atoms with Gasteiger partial charge in [0.25, 0.3) is 5.91 Å². The number of carbonyl (C=O) groups is 1. The first kappa shape index (κ1) is 14.7. The minimum absolute atomic E-state index is 0.189. The number of nitrogens with zero attached hydrogens (tertiary/aromatic N) is 2. The molecule has 0 aliphatic carbocycles. The molecule has 1 amide bonds. The van der Waals surface area contributed by atoms with Gasteiger partial charge in [-0.1, -0.05) is 11.6 Å². The Morgan fingerprint density at radius 3 is 2.60 bits per heavy atom. The van der Waals surface area contributed by atoms with Crippen molar-refractivity contribution >= 4 is 28.4 Å². The van der Waals surface area contributed by atoms with Crippen molar-refractivity contribution in [1.29, 1.82) is 0 Å². The summed E-state index contributed by atoms with van der Waals surface area (Å²) in [6.07, 6.45) is -4.42. The molecule has 2 rings (SSSR count). The average Bonchev–Trinajstić information content (AvgIpc) is 2.63. The van der Waals surface area contributed by atoms with Crippen molar-refractivity contribution < 1.29 is 18.0 Å². The van der Waals surface area contributed by atoms with Gasteiger partial charge in [-0.3, -0.25) is 4.79 Å². The SMILES string of the molecule is CN(CC(F)(F)F)C(=O)c1cc2cc(Cl)ccc2n1C. The van der Waals surface area contributed by atoms with E-state index in [1.165, 1.54) is 6.07 Å². The second-order valence-electron chi connectivity index (χ2n) is 4.57. The number of benzene rings is 1. The molecule has 0 N–H and O–H groups in total. The van der Waals surface area contributed by atoms with Crippen LogP contribution in [0.25, 0.3) is 10.9 Å². The number of carbonyl (C=O) groups excluding carboxylic acids is 1. The Bertz CT molecular complexity index is 663. The Labute approximate surface area is 118 Å². The first-order valence-corrected chi connectivity index (χ1v) is 6.14. The van der Waals surface area contributed by atoms with E-state index in [0.717, 1.165) is 12.6 Å². The topological polar surface area (TPSA) is 25.2 Å². The van der Waals surface area contributed by atoms with Gasteiger partial charge < -0.3 is 9.47 Å². The van der Waals surface area contributed by atoms with Crippen LogP contribution >= 0.6 is 11.6 Å². The molecule has 20 heavy (non-hydrogen) atoms. The molecule has 0 aliphatic rings. The fourth-order valence-electron chi connectivity index (χ4n) is 2.06. The van der Waals surface area contributed by atoms with Gasteiger partial charge in [-0.15, -0.1) is 0 Å². The second-order valence-corrected chi connectivity index (χ2v) is 5.00. The highest BCUT2D eigenvalue weighted by atomic mass is 35.5. The molecule has 0 aliphatic heterocycles. The van der Waals surface area contributed by atoms with Crippen LogP contribution in [0.4, 0.5) is 13.2 Å². The van der Waals surface area contributed by atoms with Crippen molar-refractivity contribution in [2.45, 2.75) is 6.18 Å². The normalized spacial score (nSPS) is 11.9. The summed E-state index contributed by atoms with van der Waals surface area (Å²) >= 11 is 5.86. The van der Waals surface area contributed by atoms with Crippen LogP contribution < -0.4 is 0 Å². The molecule has 0 saturated heterocycles. The number of halogens is 4. The van der Waals surface area contributed by atoms with Crippen LogP contribution in [0.3, 0.4) is 0 Å². The fraction of sp³-hybridized carbons (Fsp3) is 0.308. The number of aryl methyl sites for hydroxylation is 1. The fourth-order valence-corrected chi connectivity index (χ4v) is 2.24. The molecular formula is C13H12ClF3N2O. The van der Waals surface area contributed by atoms with Gasteiger partial charge in [0.05, 0.1) is 0 Å².